The first kappa shape index (κ1) is 12.3. The molecule has 0 fully saturated rings. The summed E-state index contributed by atoms with van der Waals surface area (Å²) >= 11 is 0. The number of ether oxygens (including phenoxy) is 1. The Hall–Kier alpha value is -1.72. The Morgan fingerprint density at radius 3 is 2.14 bits per heavy atom. The van der Waals surface area contributed by atoms with E-state index >= 15 is 0 Å². The normalized spacial score (nSPS) is 10.6. The maximum atomic E-state index is 11.0. The van der Waals surface area contributed by atoms with Crippen LogP contribution >= 0.6 is 0 Å². The largest absolute Gasteiger partial charge is 0.461 e. The highest BCUT2D eigenvalue weighted by atomic mass is 16.7. The van der Waals surface area contributed by atoms with Crippen molar-refractivity contribution in [2.24, 2.45) is 5.16 Å². The van der Waals surface area contributed by atoms with Crippen molar-refractivity contribution in [2.75, 3.05) is 6.61 Å². The summed E-state index contributed by atoms with van der Waals surface area (Å²) in [6.45, 7) is 3.93. The van der Waals surface area contributed by atoms with Crippen LogP contribution in [0, 0.1) is 0 Å². The highest BCUT2D eigenvalue weighted by molar-refractivity contribution is 6.63. The SMILES string of the molecule is CCOC(=O)C(=NOC(C)=O)C(C)=O. The minimum atomic E-state index is -0.902. The molecule has 0 rings (SSSR count). The van der Waals surface area contributed by atoms with Crippen molar-refractivity contribution < 1.29 is 24.0 Å². The molecule has 0 atom stereocenters. The van der Waals surface area contributed by atoms with Crippen molar-refractivity contribution >= 4 is 23.4 Å². The number of oxime groups is 1. The lowest BCUT2D eigenvalue weighted by Crippen LogP contribution is -2.25. The lowest BCUT2D eigenvalue weighted by atomic mass is 10.3. The monoisotopic (exact) mass is 201 g/mol. The molecule has 0 N–H and O–H groups in total. The fourth-order valence-corrected chi connectivity index (χ4v) is 0.555. The zero-order valence-corrected chi connectivity index (χ0v) is 8.20. The first-order valence-electron chi connectivity index (χ1n) is 3.92. The van der Waals surface area contributed by atoms with Crippen LogP contribution in [-0.4, -0.2) is 30.0 Å². The maximum absolute atomic E-state index is 11.0. The molecule has 6 heteroatoms. The molecule has 0 aromatic heterocycles. The molecular weight excluding hydrogens is 190 g/mol. The molecule has 0 saturated carbocycles. The summed E-state index contributed by atoms with van der Waals surface area (Å²) < 4.78 is 4.52. The Labute approximate surface area is 80.9 Å². The van der Waals surface area contributed by atoms with E-state index in [0.717, 1.165) is 13.8 Å². The van der Waals surface area contributed by atoms with Gasteiger partial charge in [-0.3, -0.25) is 4.79 Å². The molecule has 6 nitrogen and oxygen atoms in total. The van der Waals surface area contributed by atoms with E-state index in [1.165, 1.54) is 0 Å². The second-order valence-corrected chi connectivity index (χ2v) is 2.30. The zero-order valence-electron chi connectivity index (χ0n) is 8.20. The minimum absolute atomic E-state index is 0.116. The molecule has 78 valence electrons. The molecule has 0 bridgehead atoms. The van der Waals surface area contributed by atoms with E-state index < -0.39 is 23.4 Å². The van der Waals surface area contributed by atoms with E-state index in [0.29, 0.717) is 0 Å². The number of hydrogen-bond donors (Lipinski definition) is 0. The Bertz CT molecular complexity index is 281. The highest BCUT2D eigenvalue weighted by Crippen LogP contribution is 1.90. The van der Waals surface area contributed by atoms with E-state index in [-0.39, 0.29) is 6.61 Å². The Kier molecular flexibility index (Phi) is 5.13. The third-order valence-electron chi connectivity index (χ3n) is 1.07. The fraction of sp³-hybridized carbons (Fsp3) is 0.500. The molecule has 0 aliphatic rings. The van der Waals surface area contributed by atoms with Crippen molar-refractivity contribution in [3.8, 4) is 0 Å². The van der Waals surface area contributed by atoms with Gasteiger partial charge in [0.05, 0.1) is 6.61 Å². The molecule has 0 aromatic rings. The average Bonchev–Trinajstić information content (AvgIpc) is 2.03. The van der Waals surface area contributed by atoms with E-state index in [1.54, 1.807) is 6.92 Å². The highest BCUT2D eigenvalue weighted by Gasteiger charge is 2.19. The molecule has 0 amide bonds. The third kappa shape index (κ3) is 4.34. The number of nitrogens with zero attached hydrogens (tertiary/aromatic N) is 1. The minimum Gasteiger partial charge on any atom is -0.461 e. The predicted octanol–water partition coefficient (Wildman–Crippen LogP) is 0.0576. The van der Waals surface area contributed by atoms with Crippen LogP contribution in [0.2, 0.25) is 0 Å². The summed E-state index contributed by atoms with van der Waals surface area (Å²) in [7, 11) is 0. The number of Topliss-reactive ketones (excluding diaryl/α,β-unsaturated/α-hetero) is 1. The Balaban J connectivity index is 4.59. The smallest absolute Gasteiger partial charge is 0.364 e. The van der Waals surface area contributed by atoms with Gasteiger partial charge in [-0.05, 0) is 6.92 Å². The van der Waals surface area contributed by atoms with Gasteiger partial charge in [0.2, 0.25) is 5.71 Å². The second-order valence-electron chi connectivity index (χ2n) is 2.30. The summed E-state index contributed by atoms with van der Waals surface area (Å²) in [6.07, 6.45) is 0. The van der Waals surface area contributed by atoms with Crippen LogP contribution in [0.1, 0.15) is 20.8 Å². The molecular formula is C8H11NO5. The summed E-state index contributed by atoms with van der Waals surface area (Å²) in [5.41, 5.74) is -0.526. The van der Waals surface area contributed by atoms with Crippen molar-refractivity contribution in [1.82, 2.24) is 0 Å². The summed E-state index contributed by atoms with van der Waals surface area (Å²) in [5, 5.41) is 3.08. The quantitative estimate of drug-likeness (QED) is 0.211. The van der Waals surface area contributed by atoms with E-state index in [4.69, 9.17) is 0 Å². The fourth-order valence-electron chi connectivity index (χ4n) is 0.555. The number of carbonyl (C=O) groups excluding carboxylic acids is 3. The van der Waals surface area contributed by atoms with Crippen molar-refractivity contribution in [1.29, 1.82) is 0 Å². The molecule has 0 heterocycles. The van der Waals surface area contributed by atoms with Crippen molar-refractivity contribution in [3.63, 3.8) is 0 Å². The van der Waals surface area contributed by atoms with Gasteiger partial charge in [-0.2, -0.15) is 0 Å². The third-order valence-corrected chi connectivity index (χ3v) is 1.07. The topological polar surface area (TPSA) is 82.0 Å². The van der Waals surface area contributed by atoms with Crippen LogP contribution in [-0.2, 0) is 24.0 Å². The lowest BCUT2D eigenvalue weighted by Gasteiger charge is -2.00. The van der Waals surface area contributed by atoms with Crippen LogP contribution in [0.4, 0.5) is 0 Å². The number of esters is 1. The van der Waals surface area contributed by atoms with Gasteiger partial charge < -0.3 is 9.57 Å². The molecule has 0 aromatic carbocycles. The van der Waals surface area contributed by atoms with Gasteiger partial charge in [0.1, 0.15) is 0 Å². The molecule has 14 heavy (non-hydrogen) atoms. The van der Waals surface area contributed by atoms with Gasteiger partial charge in [0.15, 0.2) is 5.78 Å². The van der Waals surface area contributed by atoms with E-state index in [9.17, 15) is 14.4 Å². The Morgan fingerprint density at radius 1 is 1.21 bits per heavy atom. The van der Waals surface area contributed by atoms with Crippen LogP contribution in [0.15, 0.2) is 5.16 Å². The lowest BCUT2D eigenvalue weighted by molar-refractivity contribution is -0.141. The van der Waals surface area contributed by atoms with Crippen LogP contribution < -0.4 is 0 Å². The van der Waals surface area contributed by atoms with Crippen molar-refractivity contribution in [3.05, 3.63) is 0 Å². The van der Waals surface area contributed by atoms with E-state index in [1.807, 2.05) is 0 Å². The molecule has 0 aliphatic carbocycles. The standard InChI is InChI=1S/C8H11NO5/c1-4-13-8(12)7(5(2)10)9-14-6(3)11/h4H2,1-3H3. The molecule has 0 spiro atoms. The number of rotatable bonds is 4. The van der Waals surface area contributed by atoms with E-state index in [2.05, 4.69) is 14.7 Å². The van der Waals surface area contributed by atoms with Crippen LogP contribution in [0.25, 0.3) is 0 Å². The van der Waals surface area contributed by atoms with Crippen LogP contribution in [0.5, 0.6) is 0 Å². The number of carbonyl (C=O) groups is 3. The summed E-state index contributed by atoms with van der Waals surface area (Å²) in [4.78, 5) is 36.4. The summed E-state index contributed by atoms with van der Waals surface area (Å²) in [5.74, 6) is -2.24. The predicted molar refractivity (Wildman–Crippen MR) is 46.5 cm³/mol. The maximum Gasteiger partial charge on any atom is 0.364 e. The first-order chi connectivity index (χ1) is 6.49. The van der Waals surface area contributed by atoms with Gasteiger partial charge in [0.25, 0.3) is 0 Å². The molecule has 0 radical (unpaired) electrons. The van der Waals surface area contributed by atoms with Gasteiger partial charge >= 0.3 is 11.9 Å². The van der Waals surface area contributed by atoms with Crippen molar-refractivity contribution in [2.45, 2.75) is 20.8 Å². The van der Waals surface area contributed by atoms with Gasteiger partial charge in [-0.1, -0.05) is 5.16 Å². The summed E-state index contributed by atoms with van der Waals surface area (Å²) in [6, 6.07) is 0. The van der Waals surface area contributed by atoms with Gasteiger partial charge in [-0.25, -0.2) is 9.59 Å². The average molecular weight is 201 g/mol. The number of ketones is 1. The van der Waals surface area contributed by atoms with Gasteiger partial charge in [-0.15, -0.1) is 0 Å². The zero-order chi connectivity index (χ0) is 11.1. The molecule has 0 aliphatic heterocycles. The van der Waals surface area contributed by atoms with Crippen LogP contribution in [0.3, 0.4) is 0 Å². The van der Waals surface area contributed by atoms with Gasteiger partial charge in [0, 0.05) is 13.8 Å². The Morgan fingerprint density at radius 2 is 1.79 bits per heavy atom. The molecule has 0 unspecified atom stereocenters. The second kappa shape index (κ2) is 5.85. The molecule has 0 saturated heterocycles. The first-order valence-corrected chi connectivity index (χ1v) is 3.92. The number of hydrogen-bond acceptors (Lipinski definition) is 6.